The fourth-order valence-corrected chi connectivity index (χ4v) is 5.35. The lowest BCUT2D eigenvalue weighted by molar-refractivity contribution is 0.0708. The highest BCUT2D eigenvalue weighted by Gasteiger charge is 2.39. The Morgan fingerprint density at radius 2 is 1.32 bits per heavy atom. The molecule has 0 heterocycles. The number of hydrogen-bond acceptors (Lipinski definition) is 5. The summed E-state index contributed by atoms with van der Waals surface area (Å²) in [6, 6.07) is 11.5. The lowest BCUT2D eigenvalue weighted by Crippen LogP contribution is -2.46. The molecular weight excluding hydrogens is 332 g/mol. The van der Waals surface area contributed by atoms with Crippen molar-refractivity contribution in [3.8, 4) is 0 Å². The molecule has 1 rings (SSSR count). The van der Waals surface area contributed by atoms with Crippen LogP contribution in [-0.4, -0.2) is 54.8 Å². The molecule has 0 aliphatic carbocycles. The molecule has 0 spiro atoms. The second-order valence-corrected chi connectivity index (χ2v) is 8.55. The molecule has 0 saturated carbocycles. The van der Waals surface area contributed by atoms with Crippen molar-refractivity contribution in [2.24, 2.45) is 0 Å². The lowest BCUT2D eigenvalue weighted by atomic mass is 10.1. The molecule has 0 radical (unpaired) electrons. The van der Waals surface area contributed by atoms with Crippen LogP contribution in [0.25, 0.3) is 0 Å². The maximum atomic E-state index is 5.87. The minimum absolute atomic E-state index is 0.644. The topological polar surface area (TPSA) is 51.8 Å². The molecule has 1 aromatic rings. The van der Waals surface area contributed by atoms with Gasteiger partial charge in [-0.25, -0.2) is 0 Å². The Hall–Kier alpha value is -0.763. The third kappa shape index (κ3) is 10.1. The van der Waals surface area contributed by atoms with E-state index in [9.17, 15) is 0 Å². The van der Waals surface area contributed by atoms with Gasteiger partial charge in [0.05, 0.1) is 0 Å². The van der Waals surface area contributed by atoms with E-state index in [-0.39, 0.29) is 0 Å². The predicted octanol–water partition coefficient (Wildman–Crippen LogP) is 2.85. The molecule has 0 bridgehead atoms. The van der Waals surface area contributed by atoms with Crippen molar-refractivity contribution < 1.29 is 13.3 Å². The van der Waals surface area contributed by atoms with Crippen LogP contribution in [0, 0.1) is 0 Å². The van der Waals surface area contributed by atoms with E-state index in [1.807, 2.05) is 20.8 Å². The third-order valence-electron chi connectivity index (χ3n) is 3.84. The molecule has 0 amide bonds. The number of hydrogen-bond donors (Lipinski definition) is 2. The molecule has 0 aliphatic rings. The van der Waals surface area contributed by atoms with Crippen LogP contribution in [0.5, 0.6) is 0 Å². The molecule has 0 saturated heterocycles. The maximum absolute atomic E-state index is 5.87. The zero-order valence-corrected chi connectivity index (χ0v) is 17.2. The van der Waals surface area contributed by atoms with E-state index in [1.54, 1.807) is 0 Å². The third-order valence-corrected chi connectivity index (χ3v) is 6.99. The Balaban J connectivity index is 2.07. The zero-order valence-electron chi connectivity index (χ0n) is 16.2. The lowest BCUT2D eigenvalue weighted by Gasteiger charge is -2.28. The standard InChI is InChI=1S/C19H36N2O3Si/c1-4-22-25(23-5-2,24-6-3)18-10-14-20-16-17-21-15-13-19-11-8-7-9-12-19/h7-9,11-12,20-21H,4-6,10,13-18H2,1-3H3. The van der Waals surface area contributed by atoms with Gasteiger partial charge in [-0.3, -0.25) is 0 Å². The van der Waals surface area contributed by atoms with Crippen molar-refractivity contribution in [3.05, 3.63) is 35.9 Å². The molecule has 0 aliphatic heterocycles. The Labute approximate surface area is 154 Å². The molecule has 25 heavy (non-hydrogen) atoms. The predicted molar refractivity (Wildman–Crippen MR) is 106 cm³/mol. The first-order chi connectivity index (χ1) is 12.3. The van der Waals surface area contributed by atoms with Crippen LogP contribution in [0.15, 0.2) is 30.3 Å². The van der Waals surface area contributed by atoms with Gasteiger partial charge in [-0.15, -0.1) is 0 Å². The van der Waals surface area contributed by atoms with Crippen LogP contribution >= 0.6 is 0 Å². The van der Waals surface area contributed by atoms with Gasteiger partial charge in [0.25, 0.3) is 0 Å². The minimum Gasteiger partial charge on any atom is -0.374 e. The van der Waals surface area contributed by atoms with Gasteiger partial charge in [0.2, 0.25) is 0 Å². The first-order valence-corrected chi connectivity index (χ1v) is 11.6. The molecule has 0 fully saturated rings. The first-order valence-electron chi connectivity index (χ1n) is 9.63. The normalized spacial score (nSPS) is 11.8. The summed E-state index contributed by atoms with van der Waals surface area (Å²) in [6.45, 7) is 11.9. The van der Waals surface area contributed by atoms with Crippen molar-refractivity contribution >= 4 is 8.80 Å². The van der Waals surface area contributed by atoms with E-state index in [4.69, 9.17) is 13.3 Å². The molecule has 144 valence electrons. The summed E-state index contributed by atoms with van der Waals surface area (Å²) < 4.78 is 17.6. The van der Waals surface area contributed by atoms with E-state index in [0.717, 1.165) is 45.1 Å². The monoisotopic (exact) mass is 368 g/mol. The highest BCUT2D eigenvalue weighted by molar-refractivity contribution is 6.60. The van der Waals surface area contributed by atoms with Gasteiger partial charge in [0.15, 0.2) is 0 Å². The summed E-state index contributed by atoms with van der Waals surface area (Å²) in [7, 11) is -2.47. The van der Waals surface area contributed by atoms with Crippen LogP contribution < -0.4 is 10.6 Å². The van der Waals surface area contributed by atoms with Gasteiger partial charge >= 0.3 is 8.80 Å². The van der Waals surface area contributed by atoms with Crippen LogP contribution in [-0.2, 0) is 19.7 Å². The number of nitrogens with one attached hydrogen (secondary N) is 2. The van der Waals surface area contributed by atoms with Crippen molar-refractivity contribution in [1.29, 1.82) is 0 Å². The summed E-state index contributed by atoms with van der Waals surface area (Å²) in [6.07, 6.45) is 2.09. The highest BCUT2D eigenvalue weighted by Crippen LogP contribution is 2.17. The minimum atomic E-state index is -2.47. The molecule has 6 heteroatoms. The molecule has 1 aromatic carbocycles. The van der Waals surface area contributed by atoms with E-state index < -0.39 is 8.80 Å². The second-order valence-electron chi connectivity index (χ2n) is 5.82. The van der Waals surface area contributed by atoms with Crippen LogP contribution in [0.2, 0.25) is 6.04 Å². The van der Waals surface area contributed by atoms with Crippen LogP contribution in [0.3, 0.4) is 0 Å². The van der Waals surface area contributed by atoms with Gasteiger partial charge in [-0.05, 0) is 52.3 Å². The summed E-state index contributed by atoms with van der Waals surface area (Å²) in [5, 5.41) is 6.95. The van der Waals surface area contributed by atoms with Crippen molar-refractivity contribution in [2.75, 3.05) is 46.0 Å². The number of benzene rings is 1. The largest absolute Gasteiger partial charge is 0.500 e. The SMILES string of the molecule is CCO[Si](CCCNCCNCCc1ccccc1)(OCC)OCC. The summed E-state index contributed by atoms with van der Waals surface area (Å²) >= 11 is 0. The van der Waals surface area contributed by atoms with Crippen molar-refractivity contribution in [1.82, 2.24) is 10.6 Å². The molecule has 5 nitrogen and oxygen atoms in total. The van der Waals surface area contributed by atoms with Crippen molar-refractivity contribution in [2.45, 2.75) is 39.7 Å². The average Bonchev–Trinajstić information content (AvgIpc) is 2.62. The Kier molecular flexibility index (Phi) is 12.8. The van der Waals surface area contributed by atoms with Crippen molar-refractivity contribution in [3.63, 3.8) is 0 Å². The summed E-state index contributed by atoms with van der Waals surface area (Å²) in [5.74, 6) is 0. The van der Waals surface area contributed by atoms with E-state index in [0.29, 0.717) is 19.8 Å². The van der Waals surface area contributed by atoms with Gasteiger partial charge in [-0.1, -0.05) is 30.3 Å². The fraction of sp³-hybridized carbons (Fsp3) is 0.684. The molecule has 2 N–H and O–H groups in total. The molecule has 0 aromatic heterocycles. The smallest absolute Gasteiger partial charge is 0.374 e. The van der Waals surface area contributed by atoms with E-state index in [2.05, 4.69) is 41.0 Å². The summed E-state index contributed by atoms with van der Waals surface area (Å²) in [4.78, 5) is 0. The second kappa shape index (κ2) is 14.4. The average molecular weight is 369 g/mol. The van der Waals surface area contributed by atoms with Gasteiger partial charge in [0.1, 0.15) is 0 Å². The first kappa shape index (κ1) is 22.3. The van der Waals surface area contributed by atoms with E-state index in [1.165, 1.54) is 5.56 Å². The van der Waals surface area contributed by atoms with Gasteiger partial charge in [-0.2, -0.15) is 0 Å². The maximum Gasteiger partial charge on any atom is 0.500 e. The quantitative estimate of drug-likeness (QED) is 0.347. The number of rotatable bonds is 16. The molecule has 0 atom stereocenters. The van der Waals surface area contributed by atoms with E-state index >= 15 is 0 Å². The molecule has 0 unspecified atom stereocenters. The Bertz CT molecular complexity index is 403. The summed E-state index contributed by atoms with van der Waals surface area (Å²) in [5.41, 5.74) is 1.38. The Morgan fingerprint density at radius 1 is 0.760 bits per heavy atom. The fourth-order valence-electron chi connectivity index (χ4n) is 2.74. The molecular formula is C19H36N2O3Si. The zero-order chi connectivity index (χ0) is 18.2. The van der Waals surface area contributed by atoms with Gasteiger partial charge < -0.3 is 23.9 Å². The highest BCUT2D eigenvalue weighted by atomic mass is 28.4. The van der Waals surface area contributed by atoms with Crippen LogP contribution in [0.1, 0.15) is 32.8 Å². The van der Waals surface area contributed by atoms with Crippen LogP contribution in [0.4, 0.5) is 0 Å². The van der Waals surface area contributed by atoms with Gasteiger partial charge in [0, 0.05) is 39.0 Å². The Morgan fingerprint density at radius 3 is 1.88 bits per heavy atom.